The second-order valence-corrected chi connectivity index (χ2v) is 6.96. The van der Waals surface area contributed by atoms with Crippen molar-refractivity contribution in [2.24, 2.45) is 11.8 Å². The van der Waals surface area contributed by atoms with Gasteiger partial charge in [0.2, 0.25) is 9.84 Å². The molecule has 19 heavy (non-hydrogen) atoms. The fourth-order valence-electron chi connectivity index (χ4n) is 2.37. The lowest BCUT2D eigenvalue weighted by Gasteiger charge is -2.33. The first-order chi connectivity index (χ1) is 8.85. The van der Waals surface area contributed by atoms with Gasteiger partial charge in [-0.2, -0.15) is 0 Å². The molecule has 0 saturated heterocycles. The van der Waals surface area contributed by atoms with Gasteiger partial charge in [-0.3, -0.25) is 0 Å². The first-order valence-corrected chi connectivity index (χ1v) is 7.72. The Labute approximate surface area is 113 Å². The van der Waals surface area contributed by atoms with E-state index in [2.05, 4.69) is 0 Å². The summed E-state index contributed by atoms with van der Waals surface area (Å²) in [6.07, 6.45) is -0.460. The Kier molecular flexibility index (Phi) is 3.80. The van der Waals surface area contributed by atoms with E-state index < -0.39 is 28.0 Å². The molecule has 0 saturated carbocycles. The van der Waals surface area contributed by atoms with Crippen LogP contribution in [0.2, 0.25) is 0 Å². The molecule has 2 rings (SSSR count). The van der Waals surface area contributed by atoms with Crippen molar-refractivity contribution in [3.63, 3.8) is 0 Å². The second-order valence-electron chi connectivity index (χ2n) is 5.01. The highest BCUT2D eigenvalue weighted by atomic mass is 32.2. The van der Waals surface area contributed by atoms with Gasteiger partial charge >= 0.3 is 0 Å². The number of hydrogen-bond acceptors (Lipinski definition) is 4. The van der Waals surface area contributed by atoms with E-state index in [1.165, 1.54) is 18.2 Å². The monoisotopic (exact) mass is 282 g/mol. The van der Waals surface area contributed by atoms with Crippen LogP contribution in [0.4, 0.5) is 0 Å². The molecule has 0 radical (unpaired) electrons. The van der Waals surface area contributed by atoms with Crippen LogP contribution < -0.4 is 0 Å². The van der Waals surface area contributed by atoms with Crippen LogP contribution in [0.3, 0.4) is 0 Å². The molecule has 0 amide bonds. The van der Waals surface area contributed by atoms with E-state index >= 15 is 0 Å². The average Bonchev–Trinajstić information content (AvgIpc) is 2.41. The molecule has 0 aromatic heterocycles. The lowest BCUT2D eigenvalue weighted by Crippen LogP contribution is -2.40. The minimum Gasteiger partial charge on any atom is -0.392 e. The first kappa shape index (κ1) is 14.2. The topological polar surface area (TPSA) is 74.6 Å². The molecule has 0 bridgehead atoms. The highest BCUT2D eigenvalue weighted by Crippen LogP contribution is 2.35. The molecular weight excluding hydrogens is 264 g/mol. The lowest BCUT2D eigenvalue weighted by molar-refractivity contribution is 0.0123. The van der Waals surface area contributed by atoms with Crippen molar-refractivity contribution in [3.8, 4) is 0 Å². The minimum absolute atomic E-state index is 0.0943. The zero-order valence-corrected chi connectivity index (χ0v) is 11.7. The largest absolute Gasteiger partial charge is 0.392 e. The SMILES string of the molecule is C[C@@H]1[C@H](O)[C@@H](C)C(S(=O)(=O)c2ccccc2)=C[C@H]1O. The van der Waals surface area contributed by atoms with E-state index in [1.807, 2.05) is 0 Å². The molecule has 4 nitrogen and oxygen atoms in total. The third-order valence-corrected chi connectivity index (χ3v) is 5.76. The Morgan fingerprint density at radius 1 is 1.05 bits per heavy atom. The maximum Gasteiger partial charge on any atom is 0.202 e. The number of aliphatic hydroxyl groups excluding tert-OH is 2. The summed E-state index contributed by atoms with van der Waals surface area (Å²) in [5, 5.41) is 19.9. The van der Waals surface area contributed by atoms with Gasteiger partial charge in [-0.1, -0.05) is 32.0 Å². The van der Waals surface area contributed by atoms with E-state index in [0.29, 0.717) is 0 Å². The molecule has 5 heteroatoms. The van der Waals surface area contributed by atoms with Gasteiger partial charge in [-0.05, 0) is 18.2 Å². The van der Waals surface area contributed by atoms with E-state index in [9.17, 15) is 18.6 Å². The smallest absolute Gasteiger partial charge is 0.202 e. The van der Waals surface area contributed by atoms with Crippen molar-refractivity contribution in [2.75, 3.05) is 0 Å². The van der Waals surface area contributed by atoms with Crippen molar-refractivity contribution >= 4 is 9.84 Å². The predicted molar refractivity (Wildman–Crippen MR) is 72.1 cm³/mol. The van der Waals surface area contributed by atoms with Crippen LogP contribution in [0.15, 0.2) is 46.2 Å². The minimum atomic E-state index is -3.66. The van der Waals surface area contributed by atoms with Gasteiger partial charge < -0.3 is 10.2 Å². The zero-order chi connectivity index (χ0) is 14.2. The summed E-state index contributed by atoms with van der Waals surface area (Å²) >= 11 is 0. The Hall–Kier alpha value is -1.17. The number of aliphatic hydroxyl groups is 2. The maximum atomic E-state index is 12.5. The van der Waals surface area contributed by atoms with E-state index in [4.69, 9.17) is 0 Å². The third kappa shape index (κ3) is 2.45. The Morgan fingerprint density at radius 3 is 2.21 bits per heavy atom. The fraction of sp³-hybridized carbons (Fsp3) is 0.429. The molecule has 0 heterocycles. The molecule has 0 unspecified atom stereocenters. The van der Waals surface area contributed by atoms with Crippen LogP contribution in [0.1, 0.15) is 13.8 Å². The molecule has 0 spiro atoms. The van der Waals surface area contributed by atoms with Crippen molar-refractivity contribution in [1.29, 1.82) is 0 Å². The molecule has 1 aromatic carbocycles. The molecule has 0 aliphatic heterocycles. The Morgan fingerprint density at radius 2 is 1.63 bits per heavy atom. The molecule has 2 N–H and O–H groups in total. The predicted octanol–water partition coefficient (Wildman–Crippen LogP) is 1.35. The normalized spacial score (nSPS) is 31.9. The van der Waals surface area contributed by atoms with Crippen LogP contribution >= 0.6 is 0 Å². The number of hydrogen-bond donors (Lipinski definition) is 2. The van der Waals surface area contributed by atoms with Gasteiger partial charge in [0.1, 0.15) is 0 Å². The highest BCUT2D eigenvalue weighted by molar-refractivity contribution is 7.95. The molecular formula is C14H18O4S. The highest BCUT2D eigenvalue weighted by Gasteiger charge is 2.38. The van der Waals surface area contributed by atoms with Crippen LogP contribution in [-0.2, 0) is 9.84 Å². The second kappa shape index (κ2) is 5.07. The zero-order valence-electron chi connectivity index (χ0n) is 10.9. The lowest BCUT2D eigenvalue weighted by atomic mass is 9.84. The summed E-state index contributed by atoms with van der Waals surface area (Å²) in [4.78, 5) is 0.277. The molecule has 0 fully saturated rings. The van der Waals surface area contributed by atoms with Crippen LogP contribution in [0.5, 0.6) is 0 Å². The van der Waals surface area contributed by atoms with Crippen molar-refractivity contribution in [3.05, 3.63) is 41.3 Å². The maximum absolute atomic E-state index is 12.5. The Bertz CT molecular complexity index is 577. The molecule has 4 atom stereocenters. The van der Waals surface area contributed by atoms with Crippen LogP contribution in [-0.4, -0.2) is 30.8 Å². The Balaban J connectivity index is 2.49. The van der Waals surface area contributed by atoms with E-state index in [-0.39, 0.29) is 15.7 Å². The average molecular weight is 282 g/mol. The third-order valence-electron chi connectivity index (χ3n) is 3.74. The van der Waals surface area contributed by atoms with Gasteiger partial charge in [-0.25, -0.2) is 8.42 Å². The summed E-state index contributed by atoms with van der Waals surface area (Å²) in [5.41, 5.74) is 0. The summed E-state index contributed by atoms with van der Waals surface area (Å²) in [5.74, 6) is -0.895. The number of benzene rings is 1. The van der Waals surface area contributed by atoms with Gasteiger partial charge in [0.05, 0.1) is 22.0 Å². The van der Waals surface area contributed by atoms with Crippen LogP contribution in [0, 0.1) is 11.8 Å². The summed E-state index contributed by atoms with van der Waals surface area (Å²) < 4.78 is 25.0. The summed E-state index contributed by atoms with van der Waals surface area (Å²) in [7, 11) is -3.66. The summed E-state index contributed by atoms with van der Waals surface area (Å²) in [6, 6.07) is 8.07. The molecule has 104 valence electrons. The van der Waals surface area contributed by atoms with E-state index in [0.717, 1.165) is 0 Å². The van der Waals surface area contributed by atoms with Crippen molar-refractivity contribution in [1.82, 2.24) is 0 Å². The number of rotatable bonds is 2. The van der Waals surface area contributed by atoms with Crippen molar-refractivity contribution in [2.45, 2.75) is 31.0 Å². The quantitative estimate of drug-likeness (QED) is 0.858. The van der Waals surface area contributed by atoms with Gasteiger partial charge in [0.15, 0.2) is 0 Å². The molecule has 1 aliphatic rings. The molecule has 1 aliphatic carbocycles. The first-order valence-electron chi connectivity index (χ1n) is 6.23. The summed E-state index contributed by atoms with van der Waals surface area (Å²) in [6.45, 7) is 3.37. The fourth-order valence-corrected chi connectivity index (χ4v) is 4.10. The van der Waals surface area contributed by atoms with Gasteiger partial charge in [-0.15, -0.1) is 0 Å². The standard InChI is InChI=1S/C14H18O4S/c1-9-12(15)8-13(10(2)14(9)16)19(17,18)11-6-4-3-5-7-11/h3-10,12,14-16H,1-2H3/t9-,10-,12+,14-/m0/s1. The van der Waals surface area contributed by atoms with Crippen LogP contribution in [0.25, 0.3) is 0 Å². The van der Waals surface area contributed by atoms with E-state index in [1.54, 1.807) is 32.0 Å². The van der Waals surface area contributed by atoms with Gasteiger partial charge in [0, 0.05) is 11.8 Å². The van der Waals surface area contributed by atoms with Crippen molar-refractivity contribution < 1.29 is 18.6 Å². The molecule has 1 aromatic rings. The number of sulfone groups is 1. The van der Waals surface area contributed by atoms with Gasteiger partial charge in [0.25, 0.3) is 0 Å².